The van der Waals surface area contributed by atoms with Crippen molar-refractivity contribution in [2.75, 3.05) is 0 Å². The lowest BCUT2D eigenvalue weighted by Crippen LogP contribution is -2.17. The third kappa shape index (κ3) is 1.62. The van der Waals surface area contributed by atoms with Gasteiger partial charge >= 0.3 is 0 Å². The Bertz CT molecular complexity index is 572. The minimum absolute atomic E-state index is 0.0233. The summed E-state index contributed by atoms with van der Waals surface area (Å²) in [7, 11) is 1.73. The molecule has 0 aliphatic rings. The van der Waals surface area contributed by atoms with E-state index in [-0.39, 0.29) is 5.56 Å². The predicted molar refractivity (Wildman–Crippen MR) is 65.7 cm³/mol. The molecule has 84 valence electrons. The smallest absolute Gasteiger partial charge is 0.260 e. The molecule has 0 fully saturated rings. The Balaban J connectivity index is 2.80. The standard InChI is InChI=1S/C13H16N2O/c1-4-9(2)10-6-5-7-11-12(10)14-8-15(3)13(11)16/h5-9H,4H2,1-3H3. The van der Waals surface area contributed by atoms with Crippen molar-refractivity contribution in [3.63, 3.8) is 0 Å². The number of benzene rings is 1. The molecule has 0 saturated heterocycles. The Morgan fingerprint density at radius 1 is 1.44 bits per heavy atom. The Morgan fingerprint density at radius 2 is 2.19 bits per heavy atom. The molecule has 3 heteroatoms. The second-order valence-corrected chi connectivity index (χ2v) is 4.21. The van der Waals surface area contributed by atoms with E-state index in [2.05, 4.69) is 24.9 Å². The van der Waals surface area contributed by atoms with Crippen molar-refractivity contribution in [2.24, 2.45) is 7.05 Å². The second kappa shape index (κ2) is 4.08. The first-order chi connectivity index (χ1) is 7.65. The molecule has 3 nitrogen and oxygen atoms in total. The number of rotatable bonds is 2. The summed E-state index contributed by atoms with van der Waals surface area (Å²) in [5, 5.41) is 0.711. The largest absolute Gasteiger partial charge is 0.302 e. The molecule has 0 bridgehead atoms. The summed E-state index contributed by atoms with van der Waals surface area (Å²) in [6.07, 6.45) is 2.65. The molecule has 2 rings (SSSR count). The summed E-state index contributed by atoms with van der Waals surface area (Å²) in [6, 6.07) is 5.84. The van der Waals surface area contributed by atoms with Crippen LogP contribution in [0.4, 0.5) is 0 Å². The molecule has 1 aromatic heterocycles. The molecule has 0 aliphatic heterocycles. The zero-order valence-corrected chi connectivity index (χ0v) is 9.90. The number of fused-ring (bicyclic) bond motifs is 1. The topological polar surface area (TPSA) is 34.9 Å². The van der Waals surface area contributed by atoms with Gasteiger partial charge in [0.1, 0.15) is 0 Å². The van der Waals surface area contributed by atoms with Crippen molar-refractivity contribution >= 4 is 10.9 Å². The van der Waals surface area contributed by atoms with Gasteiger partial charge in [0.25, 0.3) is 5.56 Å². The summed E-state index contributed by atoms with van der Waals surface area (Å²) in [4.78, 5) is 16.3. The van der Waals surface area contributed by atoms with Gasteiger partial charge in [-0.15, -0.1) is 0 Å². The molecular weight excluding hydrogens is 200 g/mol. The van der Waals surface area contributed by atoms with Crippen molar-refractivity contribution in [1.29, 1.82) is 0 Å². The molecule has 0 aliphatic carbocycles. The molecule has 2 aromatic rings. The molecule has 0 saturated carbocycles. The molecule has 0 spiro atoms. The number of hydrogen-bond donors (Lipinski definition) is 0. The zero-order valence-electron chi connectivity index (χ0n) is 9.90. The first-order valence-corrected chi connectivity index (χ1v) is 5.59. The summed E-state index contributed by atoms with van der Waals surface area (Å²) in [5.41, 5.74) is 2.04. The van der Waals surface area contributed by atoms with E-state index in [0.29, 0.717) is 11.3 Å². The first-order valence-electron chi connectivity index (χ1n) is 5.59. The van der Waals surface area contributed by atoms with E-state index in [1.807, 2.05) is 12.1 Å². The van der Waals surface area contributed by atoms with Crippen LogP contribution in [0.25, 0.3) is 10.9 Å². The van der Waals surface area contributed by atoms with Gasteiger partial charge in [0, 0.05) is 7.05 Å². The van der Waals surface area contributed by atoms with Gasteiger partial charge in [0.2, 0.25) is 0 Å². The molecule has 16 heavy (non-hydrogen) atoms. The molecule has 1 atom stereocenters. The zero-order chi connectivity index (χ0) is 11.7. The SMILES string of the molecule is CCC(C)c1cccc2c(=O)n(C)cnc12. The first kappa shape index (κ1) is 10.9. The van der Waals surface area contributed by atoms with E-state index in [9.17, 15) is 4.79 Å². The van der Waals surface area contributed by atoms with Crippen molar-refractivity contribution in [3.05, 3.63) is 40.4 Å². The monoisotopic (exact) mass is 216 g/mol. The van der Waals surface area contributed by atoms with Gasteiger partial charge in [-0.2, -0.15) is 0 Å². The predicted octanol–water partition coefficient (Wildman–Crippen LogP) is 2.45. The fourth-order valence-corrected chi connectivity index (χ4v) is 1.88. The quantitative estimate of drug-likeness (QED) is 0.772. The van der Waals surface area contributed by atoms with Crippen molar-refractivity contribution in [1.82, 2.24) is 9.55 Å². The third-order valence-electron chi connectivity index (χ3n) is 3.12. The summed E-state index contributed by atoms with van der Waals surface area (Å²) in [5.74, 6) is 0.434. The van der Waals surface area contributed by atoms with Crippen LogP contribution in [0, 0.1) is 0 Å². The van der Waals surface area contributed by atoms with Crippen LogP contribution < -0.4 is 5.56 Å². The maximum Gasteiger partial charge on any atom is 0.260 e. The van der Waals surface area contributed by atoms with Gasteiger partial charge in [0.15, 0.2) is 0 Å². The van der Waals surface area contributed by atoms with Crippen molar-refractivity contribution in [2.45, 2.75) is 26.2 Å². The molecule has 0 amide bonds. The summed E-state index contributed by atoms with van der Waals surface area (Å²) in [6.45, 7) is 4.30. The summed E-state index contributed by atoms with van der Waals surface area (Å²) >= 11 is 0. The summed E-state index contributed by atoms with van der Waals surface area (Å²) < 4.78 is 1.52. The van der Waals surface area contributed by atoms with Crippen LogP contribution in [0.1, 0.15) is 31.7 Å². The number of para-hydroxylation sites is 1. The van der Waals surface area contributed by atoms with Gasteiger partial charge in [-0.3, -0.25) is 4.79 Å². The van der Waals surface area contributed by atoms with Gasteiger partial charge < -0.3 is 4.57 Å². The van der Waals surface area contributed by atoms with Crippen LogP contribution in [0.2, 0.25) is 0 Å². The molecule has 1 aromatic carbocycles. The van der Waals surface area contributed by atoms with Crippen LogP contribution in [0.3, 0.4) is 0 Å². The van der Waals surface area contributed by atoms with Crippen molar-refractivity contribution < 1.29 is 0 Å². The molecule has 0 N–H and O–H groups in total. The number of nitrogens with zero attached hydrogens (tertiary/aromatic N) is 2. The van der Waals surface area contributed by atoms with E-state index < -0.39 is 0 Å². The normalized spacial score (nSPS) is 12.9. The fraction of sp³-hybridized carbons (Fsp3) is 0.385. The highest BCUT2D eigenvalue weighted by molar-refractivity contribution is 5.81. The highest BCUT2D eigenvalue weighted by Crippen LogP contribution is 2.24. The lowest BCUT2D eigenvalue weighted by atomic mass is 9.96. The third-order valence-corrected chi connectivity index (χ3v) is 3.12. The number of hydrogen-bond acceptors (Lipinski definition) is 2. The fourth-order valence-electron chi connectivity index (χ4n) is 1.88. The average molecular weight is 216 g/mol. The average Bonchev–Trinajstić information content (AvgIpc) is 2.32. The molecule has 0 radical (unpaired) electrons. The molecule has 1 unspecified atom stereocenters. The molecular formula is C13H16N2O. The number of aryl methyl sites for hydroxylation is 1. The van der Waals surface area contributed by atoms with E-state index >= 15 is 0 Å². The lowest BCUT2D eigenvalue weighted by Gasteiger charge is -2.11. The van der Waals surface area contributed by atoms with Crippen LogP contribution in [-0.2, 0) is 7.05 Å². The van der Waals surface area contributed by atoms with Gasteiger partial charge in [-0.05, 0) is 24.0 Å². The Morgan fingerprint density at radius 3 is 2.88 bits per heavy atom. The maximum absolute atomic E-state index is 11.9. The van der Waals surface area contributed by atoms with Crippen LogP contribution in [-0.4, -0.2) is 9.55 Å². The minimum atomic E-state index is 0.0233. The van der Waals surface area contributed by atoms with E-state index in [1.165, 1.54) is 4.57 Å². The van der Waals surface area contributed by atoms with E-state index in [4.69, 9.17) is 0 Å². The van der Waals surface area contributed by atoms with Crippen LogP contribution in [0.5, 0.6) is 0 Å². The minimum Gasteiger partial charge on any atom is -0.302 e. The van der Waals surface area contributed by atoms with E-state index in [0.717, 1.165) is 17.5 Å². The van der Waals surface area contributed by atoms with Gasteiger partial charge in [-0.1, -0.05) is 26.0 Å². The Hall–Kier alpha value is -1.64. The molecule has 1 heterocycles. The van der Waals surface area contributed by atoms with Gasteiger partial charge in [-0.25, -0.2) is 4.98 Å². The maximum atomic E-state index is 11.9. The van der Waals surface area contributed by atoms with Crippen molar-refractivity contribution in [3.8, 4) is 0 Å². The highest BCUT2D eigenvalue weighted by Gasteiger charge is 2.10. The van der Waals surface area contributed by atoms with Crippen LogP contribution in [0.15, 0.2) is 29.3 Å². The Labute approximate surface area is 94.7 Å². The van der Waals surface area contributed by atoms with E-state index in [1.54, 1.807) is 13.4 Å². The Kier molecular flexibility index (Phi) is 2.77. The lowest BCUT2D eigenvalue weighted by molar-refractivity contribution is 0.736. The second-order valence-electron chi connectivity index (χ2n) is 4.21. The van der Waals surface area contributed by atoms with Gasteiger partial charge in [0.05, 0.1) is 17.2 Å². The van der Waals surface area contributed by atoms with Crippen LogP contribution >= 0.6 is 0 Å². The number of aromatic nitrogens is 2. The highest BCUT2D eigenvalue weighted by atomic mass is 16.1.